The monoisotopic (exact) mass is 323 g/mol. The summed E-state index contributed by atoms with van der Waals surface area (Å²) < 4.78 is 7.66. The summed E-state index contributed by atoms with van der Waals surface area (Å²) in [6.07, 6.45) is 4.50. The zero-order valence-electron chi connectivity index (χ0n) is 14.6. The molecule has 7 heteroatoms. The molecule has 0 radical (unpaired) electrons. The van der Waals surface area contributed by atoms with E-state index in [0.29, 0.717) is 19.6 Å². The van der Waals surface area contributed by atoms with Gasteiger partial charge in [0.1, 0.15) is 6.10 Å². The van der Waals surface area contributed by atoms with E-state index in [2.05, 4.69) is 20.3 Å². The number of guanidine groups is 1. The van der Waals surface area contributed by atoms with Crippen LogP contribution >= 0.6 is 0 Å². The highest BCUT2D eigenvalue weighted by Gasteiger charge is 2.26. The number of morpholine rings is 1. The second-order valence-corrected chi connectivity index (χ2v) is 6.27. The molecule has 1 aromatic rings. The molecule has 1 fully saturated rings. The zero-order chi connectivity index (χ0) is 16.9. The van der Waals surface area contributed by atoms with Gasteiger partial charge in [0.05, 0.1) is 31.5 Å². The molecule has 0 aromatic carbocycles. The van der Waals surface area contributed by atoms with Crippen molar-refractivity contribution in [2.75, 3.05) is 32.8 Å². The van der Waals surface area contributed by atoms with Gasteiger partial charge in [0, 0.05) is 31.9 Å². The number of rotatable bonds is 5. The summed E-state index contributed by atoms with van der Waals surface area (Å²) in [4.78, 5) is 6.81. The van der Waals surface area contributed by atoms with Crippen LogP contribution in [-0.2, 0) is 11.8 Å². The number of aryl methyl sites for hydroxylation is 1. The van der Waals surface area contributed by atoms with Crippen LogP contribution < -0.4 is 5.32 Å². The first-order chi connectivity index (χ1) is 10.9. The number of nitrogens with zero attached hydrogens (tertiary/aromatic N) is 4. The van der Waals surface area contributed by atoms with Crippen LogP contribution in [0.25, 0.3) is 0 Å². The van der Waals surface area contributed by atoms with Crippen molar-refractivity contribution in [1.29, 1.82) is 0 Å². The molecule has 130 valence electrons. The van der Waals surface area contributed by atoms with Gasteiger partial charge in [0.2, 0.25) is 0 Å². The third-order valence-electron chi connectivity index (χ3n) is 4.13. The first-order valence-electron chi connectivity index (χ1n) is 8.31. The van der Waals surface area contributed by atoms with Gasteiger partial charge in [-0.15, -0.1) is 0 Å². The number of nitrogens with one attached hydrogen (secondary N) is 1. The van der Waals surface area contributed by atoms with Crippen molar-refractivity contribution in [1.82, 2.24) is 20.0 Å². The van der Waals surface area contributed by atoms with E-state index in [-0.39, 0.29) is 6.10 Å². The van der Waals surface area contributed by atoms with Gasteiger partial charge in [0.15, 0.2) is 5.96 Å². The maximum absolute atomic E-state index is 10.2. The maximum atomic E-state index is 10.2. The largest absolute Gasteiger partial charge is 0.388 e. The van der Waals surface area contributed by atoms with E-state index in [1.807, 2.05) is 40.2 Å². The molecule has 2 rings (SSSR count). The average molecular weight is 323 g/mol. The Morgan fingerprint density at radius 2 is 2.35 bits per heavy atom. The lowest BCUT2D eigenvalue weighted by atomic mass is 10.1. The second kappa shape index (κ2) is 7.79. The molecule has 0 aliphatic carbocycles. The lowest BCUT2D eigenvalue weighted by Crippen LogP contribution is -2.48. The van der Waals surface area contributed by atoms with Crippen LogP contribution in [0.4, 0.5) is 0 Å². The molecule has 2 heterocycles. The SMILES string of the molecule is CCNC(=NCC(C)(O)CC)N1CCOC(c2cnn(C)c2)C1. The Kier molecular flexibility index (Phi) is 6.01. The Hall–Kier alpha value is -1.60. The van der Waals surface area contributed by atoms with Crippen molar-refractivity contribution in [3.8, 4) is 0 Å². The number of hydrogen-bond acceptors (Lipinski definition) is 4. The van der Waals surface area contributed by atoms with Crippen molar-refractivity contribution in [3.63, 3.8) is 0 Å². The van der Waals surface area contributed by atoms with E-state index >= 15 is 0 Å². The third-order valence-corrected chi connectivity index (χ3v) is 4.13. The highest BCUT2D eigenvalue weighted by Crippen LogP contribution is 2.21. The Bertz CT molecular complexity index is 526. The van der Waals surface area contributed by atoms with Crippen LogP contribution in [0.3, 0.4) is 0 Å². The molecule has 0 spiro atoms. The molecule has 1 aliphatic rings. The smallest absolute Gasteiger partial charge is 0.194 e. The molecule has 0 saturated carbocycles. The number of ether oxygens (including phenoxy) is 1. The van der Waals surface area contributed by atoms with E-state index < -0.39 is 5.60 Å². The summed E-state index contributed by atoms with van der Waals surface area (Å²) in [5.74, 6) is 0.832. The average Bonchev–Trinajstić information content (AvgIpc) is 2.98. The Morgan fingerprint density at radius 3 is 2.96 bits per heavy atom. The van der Waals surface area contributed by atoms with Crippen molar-refractivity contribution in [2.24, 2.45) is 12.0 Å². The van der Waals surface area contributed by atoms with E-state index in [1.54, 1.807) is 4.68 Å². The van der Waals surface area contributed by atoms with Crippen molar-refractivity contribution in [3.05, 3.63) is 18.0 Å². The molecule has 2 unspecified atom stereocenters. The van der Waals surface area contributed by atoms with E-state index in [1.165, 1.54) is 0 Å². The fourth-order valence-corrected chi connectivity index (χ4v) is 2.43. The summed E-state index contributed by atoms with van der Waals surface area (Å²) in [5.41, 5.74) is 0.309. The first kappa shape index (κ1) is 17.7. The minimum atomic E-state index is -0.768. The van der Waals surface area contributed by atoms with Gasteiger partial charge in [0.25, 0.3) is 0 Å². The maximum Gasteiger partial charge on any atom is 0.194 e. The molecule has 2 N–H and O–H groups in total. The molecule has 23 heavy (non-hydrogen) atoms. The molecule has 0 amide bonds. The molecule has 1 aliphatic heterocycles. The molecule has 2 atom stereocenters. The number of aliphatic imine (C=N–C) groups is 1. The predicted octanol–water partition coefficient (Wildman–Crippen LogP) is 0.920. The Morgan fingerprint density at radius 1 is 1.57 bits per heavy atom. The third kappa shape index (κ3) is 4.94. The van der Waals surface area contributed by atoms with Crippen LogP contribution in [0.5, 0.6) is 0 Å². The summed E-state index contributed by atoms with van der Waals surface area (Å²) >= 11 is 0. The normalized spacial score (nSPS) is 22.0. The summed E-state index contributed by atoms with van der Waals surface area (Å²) in [5, 5.41) is 17.7. The molecule has 0 bridgehead atoms. The summed E-state index contributed by atoms with van der Waals surface area (Å²) in [6, 6.07) is 0. The Labute approximate surface area is 138 Å². The topological polar surface area (TPSA) is 74.9 Å². The van der Waals surface area contributed by atoms with Crippen LogP contribution in [0.2, 0.25) is 0 Å². The van der Waals surface area contributed by atoms with Crippen LogP contribution in [0, 0.1) is 0 Å². The van der Waals surface area contributed by atoms with Crippen LogP contribution in [-0.4, -0.2) is 64.1 Å². The van der Waals surface area contributed by atoms with E-state index in [0.717, 1.165) is 31.2 Å². The highest BCUT2D eigenvalue weighted by molar-refractivity contribution is 5.80. The molecular formula is C16H29N5O2. The molecule has 1 saturated heterocycles. The van der Waals surface area contributed by atoms with Gasteiger partial charge in [-0.25, -0.2) is 0 Å². The fraction of sp³-hybridized carbons (Fsp3) is 0.750. The Balaban J connectivity index is 2.07. The summed E-state index contributed by atoms with van der Waals surface area (Å²) in [6.45, 7) is 9.18. The molecule has 1 aromatic heterocycles. The minimum Gasteiger partial charge on any atom is -0.388 e. The number of aliphatic hydroxyl groups is 1. The molecule has 7 nitrogen and oxygen atoms in total. The van der Waals surface area contributed by atoms with Crippen molar-refractivity contribution >= 4 is 5.96 Å². The fourth-order valence-electron chi connectivity index (χ4n) is 2.43. The summed E-state index contributed by atoms with van der Waals surface area (Å²) in [7, 11) is 1.91. The van der Waals surface area contributed by atoms with Gasteiger partial charge in [-0.2, -0.15) is 5.10 Å². The lowest BCUT2D eigenvalue weighted by Gasteiger charge is -2.35. The first-order valence-corrected chi connectivity index (χ1v) is 8.31. The van der Waals surface area contributed by atoms with Gasteiger partial charge in [-0.3, -0.25) is 9.67 Å². The number of aromatic nitrogens is 2. The van der Waals surface area contributed by atoms with Gasteiger partial charge < -0.3 is 20.1 Å². The molecular weight excluding hydrogens is 294 g/mol. The van der Waals surface area contributed by atoms with Crippen LogP contribution in [0.15, 0.2) is 17.4 Å². The zero-order valence-corrected chi connectivity index (χ0v) is 14.6. The van der Waals surface area contributed by atoms with Crippen LogP contribution in [0.1, 0.15) is 38.9 Å². The highest BCUT2D eigenvalue weighted by atomic mass is 16.5. The number of hydrogen-bond donors (Lipinski definition) is 2. The van der Waals surface area contributed by atoms with Crippen molar-refractivity contribution < 1.29 is 9.84 Å². The second-order valence-electron chi connectivity index (χ2n) is 6.27. The quantitative estimate of drug-likeness (QED) is 0.622. The van der Waals surface area contributed by atoms with Gasteiger partial charge in [-0.1, -0.05) is 6.92 Å². The van der Waals surface area contributed by atoms with E-state index in [9.17, 15) is 5.11 Å². The van der Waals surface area contributed by atoms with Gasteiger partial charge in [-0.05, 0) is 20.3 Å². The standard InChI is InChI=1S/C16H29N5O2/c1-5-16(3,22)12-18-15(17-6-2)21-7-8-23-14(11-21)13-9-19-20(4)10-13/h9-10,14,22H,5-8,11-12H2,1-4H3,(H,17,18). The van der Waals surface area contributed by atoms with E-state index in [4.69, 9.17) is 4.74 Å². The lowest BCUT2D eigenvalue weighted by molar-refractivity contribution is -0.00830. The van der Waals surface area contributed by atoms with Gasteiger partial charge >= 0.3 is 0 Å². The predicted molar refractivity (Wildman–Crippen MR) is 90.4 cm³/mol. The van der Waals surface area contributed by atoms with Crippen molar-refractivity contribution in [2.45, 2.75) is 38.9 Å². The minimum absolute atomic E-state index is 0.00649.